The highest BCUT2D eigenvalue weighted by Crippen LogP contribution is 2.31. The van der Waals surface area contributed by atoms with Crippen molar-refractivity contribution in [2.75, 3.05) is 16.5 Å². The number of anilines is 2. The molecule has 10 heteroatoms. The Morgan fingerprint density at radius 1 is 1.00 bits per heavy atom. The van der Waals surface area contributed by atoms with Gasteiger partial charge in [-0.1, -0.05) is 35.3 Å². The van der Waals surface area contributed by atoms with Crippen LogP contribution in [0.25, 0.3) is 0 Å². The lowest BCUT2D eigenvalue weighted by Gasteiger charge is -2.28. The largest absolute Gasteiger partial charge is 0.270 e. The molecule has 3 aromatic rings. The van der Waals surface area contributed by atoms with Crippen LogP contribution in [0.5, 0.6) is 0 Å². The summed E-state index contributed by atoms with van der Waals surface area (Å²) in [6.45, 7) is 0. The van der Waals surface area contributed by atoms with Crippen molar-refractivity contribution in [3.05, 3.63) is 92.5 Å². The fourth-order valence-corrected chi connectivity index (χ4v) is 3.85. The molecular formula is C20H15Cl2N5O2S. The molecule has 1 N–H and O–H groups in total. The van der Waals surface area contributed by atoms with Gasteiger partial charge in [0, 0.05) is 32.6 Å². The summed E-state index contributed by atoms with van der Waals surface area (Å²) in [5.74, 6) is 0.448. The predicted molar refractivity (Wildman–Crippen MR) is 122 cm³/mol. The molecule has 0 spiro atoms. The zero-order valence-corrected chi connectivity index (χ0v) is 17.9. The average Bonchev–Trinajstić information content (AvgIpc) is 3.19. The predicted octanol–water partition coefficient (Wildman–Crippen LogP) is 5.73. The van der Waals surface area contributed by atoms with Crippen LogP contribution in [0.1, 0.15) is 5.56 Å². The van der Waals surface area contributed by atoms with Gasteiger partial charge in [-0.25, -0.2) is 0 Å². The molecular weight excluding hydrogens is 445 g/mol. The van der Waals surface area contributed by atoms with E-state index in [4.69, 9.17) is 23.2 Å². The lowest BCUT2D eigenvalue weighted by atomic mass is 10.2. The molecule has 0 saturated carbocycles. The molecule has 0 atom stereocenters. The van der Waals surface area contributed by atoms with Crippen molar-refractivity contribution in [3.8, 4) is 0 Å². The highest BCUT2D eigenvalue weighted by atomic mass is 35.5. The van der Waals surface area contributed by atoms with Gasteiger partial charge in [0.15, 0.2) is 5.84 Å². The number of hydrazone groups is 1. The highest BCUT2D eigenvalue weighted by Gasteiger charge is 2.27. The van der Waals surface area contributed by atoms with Crippen LogP contribution in [-0.4, -0.2) is 17.0 Å². The summed E-state index contributed by atoms with van der Waals surface area (Å²) in [5.41, 5.74) is 5.19. The van der Waals surface area contributed by atoms with E-state index in [1.54, 1.807) is 52.3 Å². The third-order valence-electron chi connectivity index (χ3n) is 4.32. The Kier molecular flexibility index (Phi) is 5.72. The van der Waals surface area contributed by atoms with Crippen LogP contribution in [0.4, 0.5) is 17.1 Å². The van der Waals surface area contributed by atoms with Crippen molar-refractivity contribution in [1.82, 2.24) is 5.43 Å². The van der Waals surface area contributed by atoms with Gasteiger partial charge in [-0.15, -0.1) is 16.9 Å². The van der Waals surface area contributed by atoms with Gasteiger partial charge in [-0.3, -0.25) is 15.5 Å². The number of rotatable bonds is 5. The summed E-state index contributed by atoms with van der Waals surface area (Å²) in [4.78, 5) is 11.8. The summed E-state index contributed by atoms with van der Waals surface area (Å²) >= 11 is 14.0. The topological polar surface area (TPSA) is 74.0 Å². The van der Waals surface area contributed by atoms with Gasteiger partial charge in [0.1, 0.15) is 0 Å². The fourth-order valence-electron chi connectivity index (χ4n) is 2.92. The maximum atomic E-state index is 11.2. The maximum Gasteiger partial charge on any atom is 0.270 e. The smallest absolute Gasteiger partial charge is 0.259 e. The van der Waals surface area contributed by atoms with Gasteiger partial charge in [-0.05, 0) is 48.7 Å². The number of thioether (sulfide) groups is 1. The van der Waals surface area contributed by atoms with Gasteiger partial charge in [-0.2, -0.15) is 10.2 Å². The third-order valence-corrected chi connectivity index (χ3v) is 5.50. The molecule has 1 aliphatic rings. The van der Waals surface area contributed by atoms with E-state index in [1.807, 2.05) is 30.5 Å². The van der Waals surface area contributed by atoms with Crippen molar-refractivity contribution in [2.45, 2.75) is 4.90 Å². The zero-order valence-electron chi connectivity index (χ0n) is 15.6. The van der Waals surface area contributed by atoms with Crippen LogP contribution in [0, 0.1) is 10.1 Å². The Balaban J connectivity index is 1.77. The van der Waals surface area contributed by atoms with Gasteiger partial charge in [0.25, 0.3) is 5.69 Å². The molecule has 0 saturated heterocycles. The first kappa shape index (κ1) is 20.3. The molecule has 0 radical (unpaired) electrons. The molecule has 3 aromatic carbocycles. The van der Waals surface area contributed by atoms with Crippen molar-refractivity contribution in [3.63, 3.8) is 0 Å². The van der Waals surface area contributed by atoms with Crippen LogP contribution >= 0.6 is 35.0 Å². The molecule has 1 aliphatic heterocycles. The summed E-state index contributed by atoms with van der Waals surface area (Å²) < 4.78 is 0. The van der Waals surface area contributed by atoms with E-state index in [-0.39, 0.29) is 5.69 Å². The minimum Gasteiger partial charge on any atom is -0.259 e. The molecule has 152 valence electrons. The van der Waals surface area contributed by atoms with Gasteiger partial charge in [0.05, 0.1) is 16.3 Å². The van der Waals surface area contributed by atoms with E-state index in [2.05, 4.69) is 10.5 Å². The van der Waals surface area contributed by atoms with Crippen molar-refractivity contribution < 1.29 is 4.92 Å². The normalized spacial score (nSPS) is 13.2. The first-order valence-corrected chi connectivity index (χ1v) is 10.7. The number of nitro benzene ring substituents is 1. The van der Waals surface area contributed by atoms with Gasteiger partial charge in [0.2, 0.25) is 0 Å². The summed E-state index contributed by atoms with van der Waals surface area (Å²) in [6, 6.07) is 19.3. The molecule has 1 heterocycles. The third kappa shape index (κ3) is 4.16. The number of hydrogen-bond donors (Lipinski definition) is 1. The van der Waals surface area contributed by atoms with E-state index >= 15 is 0 Å². The first-order chi connectivity index (χ1) is 14.4. The van der Waals surface area contributed by atoms with E-state index in [0.29, 0.717) is 27.1 Å². The molecule has 0 aromatic heterocycles. The molecule has 30 heavy (non-hydrogen) atoms. The number of nitrogens with zero attached hydrogens (tertiary/aromatic N) is 4. The van der Waals surface area contributed by atoms with E-state index < -0.39 is 4.92 Å². The Labute approximate surface area is 187 Å². The van der Waals surface area contributed by atoms with E-state index in [1.165, 1.54) is 12.1 Å². The monoisotopic (exact) mass is 459 g/mol. The second-order valence-electron chi connectivity index (χ2n) is 6.29. The summed E-state index contributed by atoms with van der Waals surface area (Å²) in [6.07, 6.45) is 2.01. The second kappa shape index (κ2) is 8.43. The Bertz CT molecular complexity index is 1120. The van der Waals surface area contributed by atoms with Crippen LogP contribution in [-0.2, 0) is 0 Å². The SMILES string of the molecule is CSc1ccc(N2N=C(c3cccc([N+](=O)[O-])c3)NN2c2cc(Cl)cc(Cl)c2)cc1. The maximum absolute atomic E-state index is 11.2. The number of nitro groups is 1. The summed E-state index contributed by atoms with van der Waals surface area (Å²) in [7, 11) is 0. The highest BCUT2D eigenvalue weighted by molar-refractivity contribution is 7.98. The molecule has 4 rings (SSSR count). The number of amidine groups is 1. The standard InChI is InChI=1S/C20H15Cl2N5O2S/c1-30-19-7-5-16(6-8-19)25-23-20(13-3-2-4-17(9-13)27(28)29)24-26(25)18-11-14(21)10-15(22)12-18/h2-12H,1H3,(H,23,24). The molecule has 0 amide bonds. The molecule has 0 unspecified atom stereocenters. The average molecular weight is 460 g/mol. The number of nitrogens with one attached hydrogen (secondary N) is 1. The van der Waals surface area contributed by atoms with Crippen LogP contribution in [0.15, 0.2) is 76.7 Å². The van der Waals surface area contributed by atoms with Crippen molar-refractivity contribution in [2.24, 2.45) is 5.10 Å². The Morgan fingerprint density at radius 2 is 1.70 bits per heavy atom. The van der Waals surface area contributed by atoms with Gasteiger partial charge >= 0.3 is 0 Å². The Hall–Kier alpha value is -2.94. The van der Waals surface area contributed by atoms with E-state index in [0.717, 1.165) is 10.6 Å². The second-order valence-corrected chi connectivity index (χ2v) is 8.05. The van der Waals surface area contributed by atoms with Crippen LogP contribution in [0.2, 0.25) is 10.0 Å². The number of hydrogen-bond acceptors (Lipinski definition) is 7. The first-order valence-electron chi connectivity index (χ1n) is 8.75. The number of benzene rings is 3. The molecule has 0 aliphatic carbocycles. The number of non-ortho nitro benzene ring substituents is 1. The number of halogens is 2. The summed E-state index contributed by atoms with van der Waals surface area (Å²) in [5, 5.41) is 20.1. The minimum absolute atomic E-state index is 0.0166. The van der Waals surface area contributed by atoms with Crippen LogP contribution in [0.3, 0.4) is 0 Å². The zero-order chi connectivity index (χ0) is 21.3. The van der Waals surface area contributed by atoms with Crippen LogP contribution < -0.4 is 15.7 Å². The van der Waals surface area contributed by atoms with Gasteiger partial charge < -0.3 is 0 Å². The fraction of sp³-hybridized carbons (Fsp3) is 0.0500. The lowest BCUT2D eigenvalue weighted by Crippen LogP contribution is -2.44. The van der Waals surface area contributed by atoms with E-state index in [9.17, 15) is 10.1 Å². The minimum atomic E-state index is -0.438. The van der Waals surface area contributed by atoms with Crippen molar-refractivity contribution in [1.29, 1.82) is 0 Å². The number of hydrazine groups is 2. The molecule has 0 bridgehead atoms. The quantitative estimate of drug-likeness (QED) is 0.298. The Morgan fingerprint density at radius 3 is 2.33 bits per heavy atom. The molecule has 7 nitrogen and oxygen atoms in total. The lowest BCUT2D eigenvalue weighted by molar-refractivity contribution is -0.384. The van der Waals surface area contributed by atoms with Crippen molar-refractivity contribution >= 4 is 57.9 Å². The molecule has 0 fully saturated rings.